The predicted octanol–water partition coefficient (Wildman–Crippen LogP) is 8.30. The van der Waals surface area contributed by atoms with Crippen molar-refractivity contribution in [3.8, 4) is 5.75 Å². The molecule has 6 aromatic carbocycles. The van der Waals surface area contributed by atoms with Crippen molar-refractivity contribution in [2.75, 3.05) is 36.0 Å². The Hall–Kier alpha value is -4.32. The van der Waals surface area contributed by atoms with Gasteiger partial charge in [-0.1, -0.05) is 84.9 Å². The van der Waals surface area contributed by atoms with Gasteiger partial charge in [-0.25, -0.2) is 0 Å². The van der Waals surface area contributed by atoms with Crippen LogP contribution < -0.4 is 9.80 Å². The predicted molar refractivity (Wildman–Crippen MR) is 189 cm³/mol. The quantitative estimate of drug-likeness (QED) is 0.154. The lowest BCUT2D eigenvalue weighted by atomic mass is 9.60. The van der Waals surface area contributed by atoms with E-state index in [2.05, 4.69) is 92.1 Å². The molecule has 0 radical (unpaired) electrons. The normalized spacial score (nSPS) is 19.8. The summed E-state index contributed by atoms with van der Waals surface area (Å²) in [4.78, 5) is 4.71. The number of hydrogen-bond acceptors (Lipinski definition) is 5. The molecule has 3 N–H and O–H groups in total. The monoisotopic (exact) mass is 598 g/mol. The van der Waals surface area contributed by atoms with Crippen molar-refractivity contribution in [3.63, 3.8) is 0 Å². The van der Waals surface area contributed by atoms with Crippen LogP contribution in [0.4, 0.5) is 11.4 Å². The Balaban J connectivity index is 1.47. The van der Waals surface area contributed by atoms with Gasteiger partial charge in [0.2, 0.25) is 0 Å². The Morgan fingerprint density at radius 2 is 0.822 bits per heavy atom. The molecule has 0 aliphatic heterocycles. The first-order chi connectivity index (χ1) is 22.0. The first-order valence-electron chi connectivity index (χ1n) is 16.4. The van der Waals surface area contributed by atoms with Gasteiger partial charge in [0, 0.05) is 64.9 Å². The van der Waals surface area contributed by atoms with Gasteiger partial charge in [0.15, 0.2) is 0 Å². The summed E-state index contributed by atoms with van der Waals surface area (Å²) in [5.74, 6) is -0.886. The first-order valence-corrected chi connectivity index (χ1v) is 16.4. The number of anilines is 2. The van der Waals surface area contributed by atoms with Gasteiger partial charge in [-0.3, -0.25) is 0 Å². The van der Waals surface area contributed by atoms with Crippen LogP contribution in [-0.2, 0) is 0 Å². The van der Waals surface area contributed by atoms with Crippen molar-refractivity contribution in [3.05, 3.63) is 102 Å². The molecule has 0 aromatic heterocycles. The Kier molecular flexibility index (Phi) is 7.55. The molecule has 0 amide bonds. The zero-order valence-electron chi connectivity index (χ0n) is 26.5. The number of phenolic OH excluding ortho intramolecular Hbond substituents is 1. The zero-order valence-corrected chi connectivity index (χ0v) is 26.5. The molecular weight excluding hydrogens is 556 g/mol. The first kappa shape index (κ1) is 29.4. The molecule has 5 nitrogen and oxygen atoms in total. The van der Waals surface area contributed by atoms with Gasteiger partial charge in [0.1, 0.15) is 5.75 Å². The second kappa shape index (κ2) is 11.6. The SMILES string of the molecule is CCN(CC)c1c2ccccc2c(C2C(O)C(c3c4ccccc4c(N(CC)CC)c4cccc(O)c34)C2O)c2ccccc12. The third-order valence-corrected chi connectivity index (χ3v) is 10.3. The van der Waals surface area contributed by atoms with Crippen molar-refractivity contribution in [1.29, 1.82) is 0 Å². The van der Waals surface area contributed by atoms with Gasteiger partial charge in [0.25, 0.3) is 0 Å². The summed E-state index contributed by atoms with van der Waals surface area (Å²) < 4.78 is 0. The van der Waals surface area contributed by atoms with Crippen LogP contribution in [0.3, 0.4) is 0 Å². The highest BCUT2D eigenvalue weighted by atomic mass is 16.3. The Labute approximate surface area is 264 Å². The van der Waals surface area contributed by atoms with Crippen LogP contribution in [0, 0.1) is 0 Å². The molecule has 0 heterocycles. The highest BCUT2D eigenvalue weighted by Gasteiger charge is 2.52. The van der Waals surface area contributed by atoms with Crippen LogP contribution in [0.1, 0.15) is 50.7 Å². The van der Waals surface area contributed by atoms with Crippen molar-refractivity contribution in [1.82, 2.24) is 0 Å². The van der Waals surface area contributed by atoms with Crippen LogP contribution in [0.15, 0.2) is 91.0 Å². The number of benzene rings is 6. The van der Waals surface area contributed by atoms with Gasteiger partial charge in [0.05, 0.1) is 23.6 Å². The van der Waals surface area contributed by atoms with Crippen molar-refractivity contribution >= 4 is 54.5 Å². The summed E-state index contributed by atoms with van der Waals surface area (Å²) in [6.07, 6.45) is -1.70. The topological polar surface area (TPSA) is 67.2 Å². The average molecular weight is 599 g/mol. The smallest absolute Gasteiger partial charge is 0.123 e. The van der Waals surface area contributed by atoms with Crippen LogP contribution in [0.5, 0.6) is 5.75 Å². The molecule has 1 aliphatic carbocycles. The molecule has 5 heteroatoms. The summed E-state index contributed by atoms with van der Waals surface area (Å²) in [6, 6.07) is 30.7. The molecule has 6 aromatic rings. The maximum absolute atomic E-state index is 12.3. The van der Waals surface area contributed by atoms with Crippen molar-refractivity contribution < 1.29 is 15.3 Å². The summed E-state index contributed by atoms with van der Waals surface area (Å²) in [7, 11) is 0. The Morgan fingerprint density at radius 3 is 1.27 bits per heavy atom. The minimum atomic E-state index is -0.850. The number of hydrogen-bond donors (Lipinski definition) is 3. The molecule has 45 heavy (non-hydrogen) atoms. The minimum Gasteiger partial charge on any atom is -0.507 e. The summed E-state index contributed by atoms with van der Waals surface area (Å²) >= 11 is 0. The van der Waals surface area contributed by atoms with E-state index < -0.39 is 24.0 Å². The molecule has 2 atom stereocenters. The molecule has 2 unspecified atom stereocenters. The van der Waals surface area contributed by atoms with E-state index in [0.717, 1.165) is 80.7 Å². The third-order valence-electron chi connectivity index (χ3n) is 10.3. The van der Waals surface area contributed by atoms with E-state index in [-0.39, 0.29) is 5.75 Å². The second-order valence-corrected chi connectivity index (χ2v) is 12.2. The van der Waals surface area contributed by atoms with E-state index >= 15 is 0 Å². The van der Waals surface area contributed by atoms with E-state index in [1.54, 1.807) is 6.07 Å². The Bertz CT molecular complexity index is 1980. The third kappa shape index (κ3) is 4.28. The largest absolute Gasteiger partial charge is 0.507 e. The van der Waals surface area contributed by atoms with Crippen molar-refractivity contribution in [2.24, 2.45) is 0 Å². The lowest BCUT2D eigenvalue weighted by molar-refractivity contribution is -0.0766. The highest BCUT2D eigenvalue weighted by molar-refractivity contribution is 6.17. The molecule has 0 saturated heterocycles. The van der Waals surface area contributed by atoms with E-state index in [1.165, 1.54) is 5.69 Å². The molecule has 7 rings (SSSR count). The number of aliphatic hydroxyl groups excluding tert-OH is 2. The fourth-order valence-corrected chi connectivity index (χ4v) is 8.22. The maximum atomic E-state index is 12.3. The fourth-order valence-electron chi connectivity index (χ4n) is 8.22. The number of fused-ring (bicyclic) bond motifs is 4. The summed E-state index contributed by atoms with van der Waals surface area (Å²) in [5.41, 5.74) is 4.09. The van der Waals surface area contributed by atoms with Gasteiger partial charge in [-0.05, 0) is 61.0 Å². The van der Waals surface area contributed by atoms with Crippen LogP contribution in [-0.4, -0.2) is 53.7 Å². The zero-order chi connectivity index (χ0) is 31.4. The molecular formula is C40H42N2O3. The average Bonchev–Trinajstić information content (AvgIpc) is 3.07. The van der Waals surface area contributed by atoms with Gasteiger partial charge < -0.3 is 25.1 Å². The van der Waals surface area contributed by atoms with Gasteiger partial charge in [-0.2, -0.15) is 0 Å². The fraction of sp³-hybridized carbons (Fsp3) is 0.300. The standard InChI is InChI=1S/C40H42N2O3/c1-5-41(6-2)37-27-19-12-9-16-24(27)32(25-17-10-13-20-28(25)37)35-39(44)36(40(35)45)34-26-18-11-14-21-29(26)38(42(7-3)8-4)30-22-15-23-31(43)33(30)34/h9-23,35-36,39-40,43-45H,5-8H2,1-4H3. The number of aromatic hydroxyl groups is 1. The second-order valence-electron chi connectivity index (χ2n) is 12.2. The van der Waals surface area contributed by atoms with E-state index in [0.29, 0.717) is 5.39 Å². The maximum Gasteiger partial charge on any atom is 0.123 e. The minimum absolute atomic E-state index is 0.170. The summed E-state index contributed by atoms with van der Waals surface area (Å²) in [6.45, 7) is 12.1. The van der Waals surface area contributed by atoms with E-state index in [9.17, 15) is 15.3 Å². The highest BCUT2D eigenvalue weighted by Crippen LogP contribution is 2.57. The van der Waals surface area contributed by atoms with Crippen LogP contribution in [0.2, 0.25) is 0 Å². The van der Waals surface area contributed by atoms with E-state index in [4.69, 9.17) is 0 Å². The van der Waals surface area contributed by atoms with Crippen molar-refractivity contribution in [2.45, 2.75) is 51.7 Å². The number of nitrogens with zero attached hydrogens (tertiary/aromatic N) is 2. The lowest BCUT2D eigenvalue weighted by Gasteiger charge is -2.48. The van der Waals surface area contributed by atoms with E-state index in [1.807, 2.05) is 30.3 Å². The molecule has 0 bridgehead atoms. The van der Waals surface area contributed by atoms with Crippen LogP contribution >= 0.6 is 0 Å². The number of rotatable bonds is 8. The van der Waals surface area contributed by atoms with Gasteiger partial charge in [-0.15, -0.1) is 0 Å². The lowest BCUT2D eigenvalue weighted by Crippen LogP contribution is -2.52. The molecule has 1 aliphatic rings. The molecule has 1 saturated carbocycles. The number of aliphatic hydroxyl groups is 2. The number of phenols is 1. The summed E-state index contributed by atoms with van der Waals surface area (Å²) in [5, 5.41) is 44.0. The van der Waals surface area contributed by atoms with Crippen LogP contribution in [0.25, 0.3) is 43.1 Å². The van der Waals surface area contributed by atoms with Gasteiger partial charge >= 0.3 is 0 Å². The molecule has 230 valence electrons. The molecule has 0 spiro atoms. The molecule has 1 fully saturated rings. The Morgan fingerprint density at radius 1 is 0.467 bits per heavy atom.